The molecule has 0 aliphatic heterocycles. The Morgan fingerprint density at radius 1 is 1.11 bits per heavy atom. The van der Waals surface area contributed by atoms with Gasteiger partial charge in [0.1, 0.15) is 6.61 Å². The van der Waals surface area contributed by atoms with Crippen LogP contribution in [0.4, 0.5) is 0 Å². The highest BCUT2D eigenvalue weighted by Gasteiger charge is 2.35. The molecule has 0 saturated heterocycles. The van der Waals surface area contributed by atoms with Gasteiger partial charge in [0.2, 0.25) is 0 Å². The highest BCUT2D eigenvalue weighted by Crippen LogP contribution is 2.45. The Bertz CT molecular complexity index is 1470. The van der Waals surface area contributed by atoms with Crippen LogP contribution >= 0.6 is 34.5 Å². The number of carbonyl (C=O) groups excluding carboxylic acids is 1. The number of carbonyl (C=O) groups is 1. The minimum Gasteiger partial charge on any atom is -0.457 e. The Hall–Kier alpha value is -2.66. The fourth-order valence-electron chi connectivity index (χ4n) is 4.77. The van der Waals surface area contributed by atoms with Crippen molar-refractivity contribution in [3.63, 3.8) is 0 Å². The summed E-state index contributed by atoms with van der Waals surface area (Å²) in [5.41, 5.74) is 5.21. The molecule has 3 nitrogen and oxygen atoms in total. The van der Waals surface area contributed by atoms with Crippen LogP contribution in [0.15, 0.2) is 60.0 Å². The number of para-hydroxylation sites is 1. The van der Waals surface area contributed by atoms with Crippen molar-refractivity contribution in [1.29, 1.82) is 0 Å². The standard InChI is InChI=1S/C30H27Cl2NO2S/c1-30(2,3)20-13-19(14-22-7-6-12-36-22)28-24(15-20)27(23-8-4-5-9-26(23)33-28)29(34)35-17-18-10-11-21(31)16-25(18)32/h4-12,14,16,20H,13,15,17H2,1-3H3/b19-14-/t20-/m1/s1. The van der Waals surface area contributed by atoms with E-state index in [-0.39, 0.29) is 18.0 Å². The van der Waals surface area contributed by atoms with Crippen LogP contribution in [0.25, 0.3) is 22.6 Å². The zero-order chi connectivity index (χ0) is 25.4. The van der Waals surface area contributed by atoms with E-state index in [9.17, 15) is 4.79 Å². The van der Waals surface area contributed by atoms with E-state index in [4.69, 9.17) is 32.9 Å². The molecule has 0 radical (unpaired) electrons. The summed E-state index contributed by atoms with van der Waals surface area (Å²) in [7, 11) is 0. The van der Waals surface area contributed by atoms with Gasteiger partial charge in [-0.1, -0.05) is 74.3 Å². The smallest absolute Gasteiger partial charge is 0.339 e. The second-order valence-electron chi connectivity index (χ2n) is 10.3. The predicted molar refractivity (Wildman–Crippen MR) is 151 cm³/mol. The Labute approximate surface area is 225 Å². The first-order valence-electron chi connectivity index (χ1n) is 12.0. The summed E-state index contributed by atoms with van der Waals surface area (Å²) in [6, 6.07) is 17.2. The van der Waals surface area contributed by atoms with Crippen molar-refractivity contribution in [2.75, 3.05) is 0 Å². The third kappa shape index (κ3) is 5.08. The Morgan fingerprint density at radius 3 is 2.64 bits per heavy atom. The molecule has 1 aliphatic rings. The molecule has 36 heavy (non-hydrogen) atoms. The summed E-state index contributed by atoms with van der Waals surface area (Å²) in [6.45, 7) is 6.86. The molecule has 0 bridgehead atoms. The summed E-state index contributed by atoms with van der Waals surface area (Å²) in [5, 5.41) is 3.91. The van der Waals surface area contributed by atoms with Crippen molar-refractivity contribution in [2.45, 2.75) is 40.2 Å². The number of aromatic nitrogens is 1. The largest absolute Gasteiger partial charge is 0.457 e. The van der Waals surface area contributed by atoms with E-state index in [1.807, 2.05) is 24.3 Å². The Kier molecular flexibility index (Phi) is 6.95. The second-order valence-corrected chi connectivity index (χ2v) is 12.1. The van der Waals surface area contributed by atoms with Gasteiger partial charge in [0, 0.05) is 25.9 Å². The Morgan fingerprint density at radius 2 is 1.92 bits per heavy atom. The maximum Gasteiger partial charge on any atom is 0.339 e. The van der Waals surface area contributed by atoms with Gasteiger partial charge < -0.3 is 4.74 Å². The first kappa shape index (κ1) is 25.0. The van der Waals surface area contributed by atoms with E-state index in [1.165, 1.54) is 10.5 Å². The number of nitrogens with zero attached hydrogens (tertiary/aromatic N) is 1. The number of esters is 1. The normalized spacial score (nSPS) is 16.8. The predicted octanol–water partition coefficient (Wildman–Crippen LogP) is 9.11. The maximum absolute atomic E-state index is 13.7. The van der Waals surface area contributed by atoms with Crippen LogP contribution in [0.2, 0.25) is 10.0 Å². The number of fused-ring (bicyclic) bond motifs is 2. The van der Waals surface area contributed by atoms with Gasteiger partial charge >= 0.3 is 5.97 Å². The monoisotopic (exact) mass is 535 g/mol. The fraction of sp³-hybridized carbons (Fsp3) is 0.267. The summed E-state index contributed by atoms with van der Waals surface area (Å²) in [4.78, 5) is 20.0. The second kappa shape index (κ2) is 10.0. The number of thiophene rings is 1. The molecule has 1 atom stereocenters. The van der Waals surface area contributed by atoms with Crippen molar-refractivity contribution in [3.8, 4) is 0 Å². The molecule has 0 fully saturated rings. The van der Waals surface area contributed by atoms with Crippen molar-refractivity contribution >= 4 is 63.1 Å². The number of ether oxygens (including phenoxy) is 1. The van der Waals surface area contributed by atoms with E-state index in [2.05, 4.69) is 44.4 Å². The van der Waals surface area contributed by atoms with Gasteiger partial charge in [-0.2, -0.15) is 0 Å². The molecule has 1 aliphatic carbocycles. The molecule has 0 saturated carbocycles. The molecule has 184 valence electrons. The molecule has 0 N–H and O–H groups in total. The van der Waals surface area contributed by atoms with Crippen molar-refractivity contribution in [1.82, 2.24) is 4.98 Å². The van der Waals surface area contributed by atoms with Gasteiger partial charge in [-0.3, -0.25) is 0 Å². The lowest BCUT2D eigenvalue weighted by Crippen LogP contribution is -2.28. The van der Waals surface area contributed by atoms with Crippen LogP contribution in [0.3, 0.4) is 0 Å². The molecule has 2 aromatic carbocycles. The first-order chi connectivity index (χ1) is 17.2. The van der Waals surface area contributed by atoms with Crippen LogP contribution in [-0.2, 0) is 17.8 Å². The number of halogens is 2. The highest BCUT2D eigenvalue weighted by molar-refractivity contribution is 7.10. The topological polar surface area (TPSA) is 39.2 Å². The van der Waals surface area contributed by atoms with Crippen LogP contribution in [0.5, 0.6) is 0 Å². The van der Waals surface area contributed by atoms with E-state index >= 15 is 0 Å². The maximum atomic E-state index is 13.7. The van der Waals surface area contributed by atoms with E-state index in [1.54, 1.807) is 29.5 Å². The summed E-state index contributed by atoms with van der Waals surface area (Å²) < 4.78 is 5.86. The number of allylic oxidation sites excluding steroid dienone is 1. The molecule has 4 aromatic rings. The number of benzene rings is 2. The third-order valence-corrected chi connectivity index (χ3v) is 8.28. The average molecular weight is 537 g/mol. The van der Waals surface area contributed by atoms with Gasteiger partial charge in [-0.15, -0.1) is 11.3 Å². The summed E-state index contributed by atoms with van der Waals surface area (Å²) >= 11 is 14.1. The van der Waals surface area contributed by atoms with Gasteiger partial charge in [0.25, 0.3) is 0 Å². The van der Waals surface area contributed by atoms with Gasteiger partial charge in [0.15, 0.2) is 0 Å². The molecule has 0 spiro atoms. The molecule has 2 aromatic heterocycles. The lowest BCUT2D eigenvalue weighted by Gasteiger charge is -2.36. The van der Waals surface area contributed by atoms with Crippen LogP contribution < -0.4 is 0 Å². The van der Waals surface area contributed by atoms with Crippen molar-refractivity contribution in [3.05, 3.63) is 97.3 Å². The number of hydrogen-bond acceptors (Lipinski definition) is 4. The fourth-order valence-corrected chi connectivity index (χ4v) is 5.91. The average Bonchev–Trinajstić information content (AvgIpc) is 3.34. The third-order valence-electron chi connectivity index (χ3n) is 6.88. The molecule has 0 unspecified atom stereocenters. The Balaban J connectivity index is 1.63. The molecule has 6 heteroatoms. The molecular weight excluding hydrogens is 509 g/mol. The van der Waals surface area contributed by atoms with E-state index in [0.717, 1.165) is 35.0 Å². The van der Waals surface area contributed by atoms with Crippen LogP contribution in [-0.4, -0.2) is 11.0 Å². The number of rotatable bonds is 4. The van der Waals surface area contributed by atoms with Crippen LogP contribution in [0.1, 0.15) is 59.2 Å². The zero-order valence-electron chi connectivity index (χ0n) is 20.5. The van der Waals surface area contributed by atoms with E-state index in [0.29, 0.717) is 27.1 Å². The summed E-state index contributed by atoms with van der Waals surface area (Å²) in [5.74, 6) is -0.00247. The minimum atomic E-state index is -0.360. The van der Waals surface area contributed by atoms with E-state index < -0.39 is 0 Å². The number of pyridine rings is 1. The highest BCUT2D eigenvalue weighted by atomic mass is 35.5. The van der Waals surface area contributed by atoms with Crippen molar-refractivity contribution < 1.29 is 9.53 Å². The lowest BCUT2D eigenvalue weighted by molar-refractivity contribution is 0.0473. The SMILES string of the molecule is CC(C)(C)[C@@H]1C/C(=C/c2cccs2)c2nc3ccccc3c(C(=O)OCc3ccc(Cl)cc3Cl)c2C1. The van der Waals surface area contributed by atoms with Gasteiger partial charge in [0.05, 0.1) is 16.8 Å². The van der Waals surface area contributed by atoms with Crippen molar-refractivity contribution in [2.24, 2.45) is 11.3 Å². The molecule has 2 heterocycles. The van der Waals surface area contributed by atoms with Gasteiger partial charge in [-0.05, 0) is 71.0 Å². The van der Waals surface area contributed by atoms with Gasteiger partial charge in [-0.25, -0.2) is 9.78 Å². The minimum absolute atomic E-state index is 0.0654. The number of hydrogen-bond donors (Lipinski definition) is 0. The lowest BCUT2D eigenvalue weighted by atomic mass is 9.69. The molecule has 0 amide bonds. The first-order valence-corrected chi connectivity index (χ1v) is 13.6. The quantitative estimate of drug-likeness (QED) is 0.244. The zero-order valence-corrected chi connectivity index (χ0v) is 22.8. The van der Waals surface area contributed by atoms with Crippen LogP contribution in [0, 0.1) is 11.3 Å². The molecular formula is C30H27Cl2NO2S. The summed E-state index contributed by atoms with van der Waals surface area (Å²) in [6.07, 6.45) is 3.91. The molecule has 5 rings (SSSR count).